The van der Waals surface area contributed by atoms with Gasteiger partial charge in [0.15, 0.2) is 0 Å². The maximum atomic E-state index is 5.42. The molecule has 0 saturated heterocycles. The highest BCUT2D eigenvalue weighted by Crippen LogP contribution is 2.28. The van der Waals surface area contributed by atoms with Crippen LogP contribution in [0.5, 0.6) is 6.01 Å². The van der Waals surface area contributed by atoms with E-state index in [0.29, 0.717) is 11.9 Å². The number of hydrogen-bond acceptors (Lipinski definition) is 7. The molecule has 1 heterocycles. The Balaban J connectivity index is 2.06. The van der Waals surface area contributed by atoms with Gasteiger partial charge in [-0.05, 0) is 32.6 Å². The highest BCUT2D eigenvalue weighted by Gasteiger charge is 2.21. The molecule has 1 aliphatic rings. The van der Waals surface area contributed by atoms with Gasteiger partial charge >= 0.3 is 6.01 Å². The molecule has 17 heavy (non-hydrogen) atoms. The molecule has 0 bridgehead atoms. The molecular weight excluding hydrogens is 220 g/mol. The topological polar surface area (TPSA) is 98.0 Å². The molecule has 2 rings (SSSR count). The largest absolute Gasteiger partial charge is 0.461 e. The second-order valence-electron chi connectivity index (χ2n) is 4.40. The fraction of sp³-hybridized carbons (Fsp3) is 0.700. The fourth-order valence-corrected chi connectivity index (χ4v) is 1.32. The van der Waals surface area contributed by atoms with Crippen molar-refractivity contribution in [2.24, 2.45) is 11.8 Å². The van der Waals surface area contributed by atoms with Gasteiger partial charge in [0.25, 0.3) is 0 Å². The summed E-state index contributed by atoms with van der Waals surface area (Å²) in [6.45, 7) is 4.71. The van der Waals surface area contributed by atoms with Crippen LogP contribution < -0.4 is 21.3 Å². The van der Waals surface area contributed by atoms with E-state index in [1.54, 1.807) is 0 Å². The number of nitrogen functional groups attached to an aromatic ring is 1. The first kappa shape index (κ1) is 11.8. The third-order valence-corrected chi connectivity index (χ3v) is 2.33. The molecule has 0 aromatic carbocycles. The third kappa shape index (κ3) is 3.70. The van der Waals surface area contributed by atoms with Crippen LogP contribution >= 0.6 is 0 Å². The summed E-state index contributed by atoms with van der Waals surface area (Å²) in [5.41, 5.74) is 2.40. The lowest BCUT2D eigenvalue weighted by molar-refractivity contribution is 0.222. The van der Waals surface area contributed by atoms with Crippen molar-refractivity contribution in [2.75, 3.05) is 17.3 Å². The Morgan fingerprint density at radius 2 is 2.00 bits per heavy atom. The molecule has 1 fully saturated rings. The van der Waals surface area contributed by atoms with Gasteiger partial charge in [0, 0.05) is 6.54 Å². The lowest BCUT2D eigenvalue weighted by Gasteiger charge is -2.10. The molecule has 7 heteroatoms. The van der Waals surface area contributed by atoms with Gasteiger partial charge in [-0.15, -0.1) is 0 Å². The monoisotopic (exact) mass is 238 g/mol. The molecule has 0 unspecified atom stereocenters. The zero-order chi connectivity index (χ0) is 12.3. The zero-order valence-electron chi connectivity index (χ0n) is 10.1. The summed E-state index contributed by atoms with van der Waals surface area (Å²) in [6.07, 6.45) is 2.56. The highest BCUT2D eigenvalue weighted by molar-refractivity contribution is 5.35. The van der Waals surface area contributed by atoms with Crippen molar-refractivity contribution in [3.05, 3.63) is 0 Å². The van der Waals surface area contributed by atoms with E-state index >= 15 is 0 Å². The van der Waals surface area contributed by atoms with E-state index in [1.807, 2.05) is 13.8 Å². The number of nitrogens with zero attached hydrogens (tertiary/aromatic N) is 3. The van der Waals surface area contributed by atoms with Crippen molar-refractivity contribution in [3.8, 4) is 6.01 Å². The van der Waals surface area contributed by atoms with Gasteiger partial charge in [0.1, 0.15) is 0 Å². The minimum absolute atomic E-state index is 0.0132. The molecular formula is C10H18N6O. The second-order valence-corrected chi connectivity index (χ2v) is 4.40. The van der Waals surface area contributed by atoms with Gasteiger partial charge in [-0.2, -0.15) is 15.0 Å². The smallest absolute Gasteiger partial charge is 0.323 e. The van der Waals surface area contributed by atoms with E-state index in [-0.39, 0.29) is 12.1 Å². The number of hydrogen-bond donors (Lipinski definition) is 3. The molecule has 1 aromatic rings. The SMILES string of the molecule is CC(C)Oc1nc(NN)nc(NCC2CC2)n1. The first-order chi connectivity index (χ1) is 8.17. The molecule has 0 atom stereocenters. The standard InChI is InChI=1S/C10H18N6O/c1-6(2)17-10-14-8(12-5-7-3-4-7)13-9(15-10)16-11/h6-7H,3-5,11H2,1-2H3,(H2,12,13,14,15,16). The van der Waals surface area contributed by atoms with E-state index in [4.69, 9.17) is 10.6 Å². The third-order valence-electron chi connectivity index (χ3n) is 2.33. The Kier molecular flexibility index (Phi) is 3.58. The van der Waals surface area contributed by atoms with Crippen molar-refractivity contribution in [2.45, 2.75) is 32.8 Å². The summed E-state index contributed by atoms with van der Waals surface area (Å²) in [5.74, 6) is 6.84. The van der Waals surface area contributed by atoms with Crippen LogP contribution in [0.15, 0.2) is 0 Å². The van der Waals surface area contributed by atoms with Gasteiger partial charge in [0.2, 0.25) is 11.9 Å². The average molecular weight is 238 g/mol. The van der Waals surface area contributed by atoms with Gasteiger partial charge in [0.05, 0.1) is 6.10 Å². The van der Waals surface area contributed by atoms with Crippen molar-refractivity contribution in [3.63, 3.8) is 0 Å². The lowest BCUT2D eigenvalue weighted by Crippen LogP contribution is -2.17. The van der Waals surface area contributed by atoms with Crippen LogP contribution in [0.3, 0.4) is 0 Å². The Hall–Kier alpha value is -1.63. The maximum absolute atomic E-state index is 5.42. The summed E-state index contributed by atoms with van der Waals surface area (Å²) in [7, 11) is 0. The Morgan fingerprint density at radius 1 is 1.29 bits per heavy atom. The number of rotatable bonds is 6. The molecule has 0 radical (unpaired) electrons. The van der Waals surface area contributed by atoms with Crippen LogP contribution in [0, 0.1) is 5.92 Å². The predicted octanol–water partition coefficient (Wildman–Crippen LogP) is 0.766. The van der Waals surface area contributed by atoms with Gasteiger partial charge in [-0.25, -0.2) is 5.84 Å². The summed E-state index contributed by atoms with van der Waals surface area (Å²) in [6, 6.07) is 0.279. The molecule has 7 nitrogen and oxygen atoms in total. The van der Waals surface area contributed by atoms with E-state index in [1.165, 1.54) is 12.8 Å². The summed E-state index contributed by atoms with van der Waals surface area (Å²) in [4.78, 5) is 12.3. The molecule has 94 valence electrons. The molecule has 1 saturated carbocycles. The van der Waals surface area contributed by atoms with Crippen molar-refractivity contribution in [1.82, 2.24) is 15.0 Å². The Morgan fingerprint density at radius 3 is 2.59 bits per heavy atom. The molecule has 1 aromatic heterocycles. The Labute approximate surface area is 100 Å². The number of aromatic nitrogens is 3. The fourth-order valence-electron chi connectivity index (χ4n) is 1.32. The average Bonchev–Trinajstić information content (AvgIpc) is 3.09. The minimum Gasteiger partial charge on any atom is -0.461 e. The first-order valence-corrected chi connectivity index (χ1v) is 5.80. The Bertz CT molecular complexity index is 379. The van der Waals surface area contributed by atoms with Crippen LogP contribution in [-0.4, -0.2) is 27.6 Å². The number of nitrogens with two attached hydrogens (primary N) is 1. The van der Waals surface area contributed by atoms with Crippen molar-refractivity contribution >= 4 is 11.9 Å². The van der Waals surface area contributed by atoms with Crippen LogP contribution in [0.4, 0.5) is 11.9 Å². The van der Waals surface area contributed by atoms with E-state index < -0.39 is 0 Å². The first-order valence-electron chi connectivity index (χ1n) is 5.80. The highest BCUT2D eigenvalue weighted by atomic mass is 16.5. The number of ether oxygens (including phenoxy) is 1. The minimum atomic E-state index is 0.0132. The number of anilines is 2. The summed E-state index contributed by atoms with van der Waals surface area (Å²) < 4.78 is 5.42. The van der Waals surface area contributed by atoms with Crippen LogP contribution in [-0.2, 0) is 0 Å². The van der Waals surface area contributed by atoms with Crippen molar-refractivity contribution in [1.29, 1.82) is 0 Å². The molecule has 4 N–H and O–H groups in total. The maximum Gasteiger partial charge on any atom is 0.323 e. The number of hydrazine groups is 1. The quantitative estimate of drug-likeness (QED) is 0.497. The number of nitrogens with one attached hydrogen (secondary N) is 2. The van der Waals surface area contributed by atoms with Crippen LogP contribution in [0.1, 0.15) is 26.7 Å². The van der Waals surface area contributed by atoms with Crippen LogP contribution in [0.25, 0.3) is 0 Å². The summed E-state index contributed by atoms with van der Waals surface area (Å²) >= 11 is 0. The lowest BCUT2D eigenvalue weighted by atomic mass is 10.4. The van der Waals surface area contributed by atoms with Crippen molar-refractivity contribution < 1.29 is 4.74 Å². The van der Waals surface area contributed by atoms with Gasteiger partial charge < -0.3 is 10.1 Å². The van der Waals surface area contributed by atoms with Crippen LogP contribution in [0.2, 0.25) is 0 Å². The van der Waals surface area contributed by atoms with Gasteiger partial charge in [-0.3, -0.25) is 5.43 Å². The molecule has 0 amide bonds. The second kappa shape index (κ2) is 5.13. The van der Waals surface area contributed by atoms with Gasteiger partial charge in [-0.1, -0.05) is 0 Å². The van der Waals surface area contributed by atoms with E-state index in [0.717, 1.165) is 12.5 Å². The molecule has 0 spiro atoms. The summed E-state index contributed by atoms with van der Waals surface area (Å²) in [5, 5.41) is 3.16. The predicted molar refractivity (Wildman–Crippen MR) is 64.6 cm³/mol. The zero-order valence-corrected chi connectivity index (χ0v) is 10.1. The molecule has 0 aliphatic heterocycles. The molecule has 1 aliphatic carbocycles. The van der Waals surface area contributed by atoms with E-state index in [9.17, 15) is 0 Å². The van der Waals surface area contributed by atoms with E-state index in [2.05, 4.69) is 25.7 Å². The normalized spacial score (nSPS) is 14.8.